The number of nitrogens with two attached hydrogens (primary N) is 1. The van der Waals surface area contributed by atoms with Gasteiger partial charge in [-0.15, -0.1) is 10.2 Å². The van der Waals surface area contributed by atoms with Gasteiger partial charge in [-0.25, -0.2) is 14.6 Å². The predicted molar refractivity (Wildman–Crippen MR) is 60.4 cm³/mol. The van der Waals surface area contributed by atoms with Gasteiger partial charge in [0.25, 0.3) is 0 Å². The van der Waals surface area contributed by atoms with Crippen molar-refractivity contribution in [1.29, 1.82) is 0 Å². The molecule has 0 bridgehead atoms. The van der Waals surface area contributed by atoms with Gasteiger partial charge in [0.1, 0.15) is 11.4 Å². The number of nitrogen functional groups attached to an aromatic ring is 1. The topological polar surface area (TPSA) is 82.5 Å². The zero-order valence-electron chi connectivity index (χ0n) is 9.08. The Kier molecular flexibility index (Phi) is 3.04. The highest BCUT2D eigenvalue weighted by Crippen LogP contribution is 2.23. The summed E-state index contributed by atoms with van der Waals surface area (Å²) in [6.07, 6.45) is 2.28. The lowest BCUT2D eigenvalue weighted by molar-refractivity contribution is 0.794. The van der Waals surface area contributed by atoms with Gasteiger partial charge in [-0.2, -0.15) is 0 Å². The lowest BCUT2D eigenvalue weighted by Gasteiger charge is -2.01. The SMILES string of the molecule is CCc1nnc(Sc2cc(C)ncn2)n1N. The Balaban J connectivity index is 2.24. The molecule has 0 amide bonds. The molecule has 7 heteroatoms. The first-order valence-electron chi connectivity index (χ1n) is 4.86. The highest BCUT2D eigenvalue weighted by molar-refractivity contribution is 7.99. The smallest absolute Gasteiger partial charge is 0.216 e. The second-order valence-electron chi connectivity index (χ2n) is 3.22. The van der Waals surface area contributed by atoms with E-state index < -0.39 is 0 Å². The maximum absolute atomic E-state index is 5.83. The van der Waals surface area contributed by atoms with Crippen LogP contribution < -0.4 is 5.84 Å². The van der Waals surface area contributed by atoms with Crippen LogP contribution in [0.15, 0.2) is 22.6 Å². The first-order chi connectivity index (χ1) is 7.70. The van der Waals surface area contributed by atoms with Crippen molar-refractivity contribution in [2.24, 2.45) is 0 Å². The summed E-state index contributed by atoms with van der Waals surface area (Å²) < 4.78 is 1.49. The van der Waals surface area contributed by atoms with E-state index in [-0.39, 0.29) is 0 Å². The largest absolute Gasteiger partial charge is 0.336 e. The Morgan fingerprint density at radius 2 is 2.19 bits per heavy atom. The van der Waals surface area contributed by atoms with Crippen LogP contribution in [-0.4, -0.2) is 24.8 Å². The molecule has 0 radical (unpaired) electrons. The van der Waals surface area contributed by atoms with E-state index in [4.69, 9.17) is 5.84 Å². The van der Waals surface area contributed by atoms with Crippen LogP contribution >= 0.6 is 11.8 Å². The standard InChI is InChI=1S/C9H12N6S/c1-3-7-13-14-9(15(7)10)16-8-4-6(2)11-5-12-8/h4-5H,3,10H2,1-2H3. The summed E-state index contributed by atoms with van der Waals surface area (Å²) in [4.78, 5) is 8.15. The fourth-order valence-electron chi connectivity index (χ4n) is 1.20. The monoisotopic (exact) mass is 236 g/mol. The predicted octanol–water partition coefficient (Wildman–Crippen LogP) is 0.804. The Bertz CT molecular complexity index is 494. The number of hydrogen-bond acceptors (Lipinski definition) is 6. The van der Waals surface area contributed by atoms with Crippen LogP contribution in [0, 0.1) is 6.92 Å². The average molecular weight is 236 g/mol. The lowest BCUT2D eigenvalue weighted by atomic mass is 10.5. The van der Waals surface area contributed by atoms with Crippen molar-refractivity contribution >= 4 is 11.8 Å². The number of rotatable bonds is 3. The molecule has 0 atom stereocenters. The molecular weight excluding hydrogens is 224 g/mol. The Hall–Kier alpha value is -1.63. The first kappa shape index (κ1) is 10.9. The van der Waals surface area contributed by atoms with Gasteiger partial charge in [0.05, 0.1) is 0 Å². The minimum Gasteiger partial charge on any atom is -0.336 e. The second kappa shape index (κ2) is 4.48. The van der Waals surface area contributed by atoms with Gasteiger partial charge in [0.2, 0.25) is 5.16 Å². The summed E-state index contributed by atoms with van der Waals surface area (Å²) in [5, 5.41) is 9.43. The van der Waals surface area contributed by atoms with E-state index in [0.29, 0.717) is 5.16 Å². The molecule has 2 rings (SSSR count). The van der Waals surface area contributed by atoms with Crippen molar-refractivity contribution in [2.45, 2.75) is 30.5 Å². The van der Waals surface area contributed by atoms with Crippen LogP contribution in [0.5, 0.6) is 0 Å². The molecule has 6 nitrogen and oxygen atoms in total. The Labute approximate surface area is 97.3 Å². The van der Waals surface area contributed by atoms with Crippen LogP contribution in [-0.2, 0) is 6.42 Å². The molecule has 0 aliphatic heterocycles. The molecule has 0 saturated heterocycles. The van der Waals surface area contributed by atoms with E-state index in [1.165, 1.54) is 22.8 Å². The van der Waals surface area contributed by atoms with Gasteiger partial charge in [-0.05, 0) is 24.8 Å². The Morgan fingerprint density at radius 3 is 2.81 bits per heavy atom. The lowest BCUT2D eigenvalue weighted by Crippen LogP contribution is -2.13. The molecule has 16 heavy (non-hydrogen) atoms. The molecule has 2 heterocycles. The van der Waals surface area contributed by atoms with Crippen molar-refractivity contribution in [3.8, 4) is 0 Å². The van der Waals surface area contributed by atoms with Crippen LogP contribution in [0.1, 0.15) is 18.4 Å². The van der Waals surface area contributed by atoms with Crippen molar-refractivity contribution in [1.82, 2.24) is 24.8 Å². The third kappa shape index (κ3) is 2.13. The van der Waals surface area contributed by atoms with E-state index >= 15 is 0 Å². The van der Waals surface area contributed by atoms with Gasteiger partial charge in [0, 0.05) is 12.1 Å². The maximum atomic E-state index is 5.83. The number of aromatic nitrogens is 5. The number of nitrogens with zero attached hydrogens (tertiary/aromatic N) is 5. The molecule has 0 aliphatic carbocycles. The summed E-state index contributed by atoms with van der Waals surface area (Å²) in [7, 11) is 0. The third-order valence-corrected chi connectivity index (χ3v) is 2.92. The quantitative estimate of drug-likeness (QED) is 0.627. The summed E-state index contributed by atoms with van der Waals surface area (Å²) in [5.74, 6) is 6.58. The van der Waals surface area contributed by atoms with Gasteiger partial charge in [-0.3, -0.25) is 0 Å². The highest BCUT2D eigenvalue weighted by Gasteiger charge is 2.10. The second-order valence-corrected chi connectivity index (χ2v) is 4.21. The molecule has 0 aliphatic rings. The molecule has 0 saturated carbocycles. The zero-order chi connectivity index (χ0) is 11.5. The highest BCUT2D eigenvalue weighted by atomic mass is 32.2. The Morgan fingerprint density at radius 1 is 1.38 bits per heavy atom. The minimum absolute atomic E-state index is 0.634. The summed E-state index contributed by atoms with van der Waals surface area (Å²) >= 11 is 1.38. The fraction of sp³-hybridized carbons (Fsp3) is 0.333. The molecule has 0 spiro atoms. The normalized spacial score (nSPS) is 10.6. The van der Waals surface area contributed by atoms with E-state index in [0.717, 1.165) is 23.0 Å². The van der Waals surface area contributed by atoms with Crippen LogP contribution in [0.2, 0.25) is 0 Å². The average Bonchev–Trinajstić information content (AvgIpc) is 2.60. The summed E-state index contributed by atoms with van der Waals surface area (Å²) in [5.41, 5.74) is 0.913. The van der Waals surface area contributed by atoms with Crippen molar-refractivity contribution < 1.29 is 0 Å². The van der Waals surface area contributed by atoms with Crippen molar-refractivity contribution in [2.75, 3.05) is 5.84 Å². The van der Waals surface area contributed by atoms with Crippen LogP contribution in [0.3, 0.4) is 0 Å². The van der Waals surface area contributed by atoms with E-state index in [2.05, 4.69) is 20.2 Å². The van der Waals surface area contributed by atoms with E-state index in [1.54, 1.807) is 0 Å². The first-order valence-corrected chi connectivity index (χ1v) is 5.68. The van der Waals surface area contributed by atoms with Crippen molar-refractivity contribution in [3.05, 3.63) is 23.9 Å². The maximum Gasteiger partial charge on any atom is 0.216 e. The molecule has 2 aromatic rings. The zero-order valence-corrected chi connectivity index (χ0v) is 9.90. The van der Waals surface area contributed by atoms with Gasteiger partial charge in [-0.1, -0.05) is 6.92 Å². The number of aryl methyl sites for hydroxylation is 2. The van der Waals surface area contributed by atoms with Gasteiger partial charge in [0.15, 0.2) is 5.82 Å². The molecule has 0 unspecified atom stereocenters. The molecule has 2 N–H and O–H groups in total. The molecular formula is C9H12N6S. The molecule has 0 fully saturated rings. The summed E-state index contributed by atoms with van der Waals surface area (Å²) in [6.45, 7) is 3.90. The fourth-order valence-corrected chi connectivity index (χ4v) is 2.00. The molecule has 0 aromatic carbocycles. The molecule has 2 aromatic heterocycles. The van der Waals surface area contributed by atoms with Gasteiger partial charge < -0.3 is 5.84 Å². The van der Waals surface area contributed by atoms with Crippen LogP contribution in [0.4, 0.5) is 0 Å². The van der Waals surface area contributed by atoms with E-state index in [1.807, 2.05) is 19.9 Å². The third-order valence-electron chi connectivity index (χ3n) is 2.03. The number of hydrogen-bond donors (Lipinski definition) is 1. The van der Waals surface area contributed by atoms with E-state index in [9.17, 15) is 0 Å². The minimum atomic E-state index is 0.634. The van der Waals surface area contributed by atoms with Crippen molar-refractivity contribution in [3.63, 3.8) is 0 Å². The van der Waals surface area contributed by atoms with Gasteiger partial charge >= 0.3 is 0 Å². The van der Waals surface area contributed by atoms with Crippen LogP contribution in [0.25, 0.3) is 0 Å². The summed E-state index contributed by atoms with van der Waals surface area (Å²) in [6, 6.07) is 1.88. The molecule has 84 valence electrons.